The standard InChI is InChI=1S/C14H18N2O3/c1-10(17)12-8-11(15)4-5-13(12)19-9-14(18)16-6-2-3-7-16/h4-5,8H,2-3,6-7,9,15H2,1H3. The maximum absolute atomic E-state index is 11.9. The fourth-order valence-electron chi connectivity index (χ4n) is 2.15. The van der Waals surface area contributed by atoms with Gasteiger partial charge in [0.2, 0.25) is 0 Å². The van der Waals surface area contributed by atoms with E-state index >= 15 is 0 Å². The third kappa shape index (κ3) is 3.24. The van der Waals surface area contributed by atoms with E-state index in [1.54, 1.807) is 23.1 Å². The molecule has 0 atom stereocenters. The highest BCUT2D eigenvalue weighted by atomic mass is 16.5. The molecule has 5 nitrogen and oxygen atoms in total. The molecule has 0 unspecified atom stereocenters. The van der Waals surface area contributed by atoms with Gasteiger partial charge >= 0.3 is 0 Å². The molecule has 1 saturated heterocycles. The van der Waals surface area contributed by atoms with Crippen LogP contribution in [0.1, 0.15) is 30.1 Å². The Morgan fingerprint density at radius 3 is 2.63 bits per heavy atom. The van der Waals surface area contributed by atoms with E-state index in [0.29, 0.717) is 17.0 Å². The second-order valence-corrected chi connectivity index (χ2v) is 4.69. The average Bonchev–Trinajstić information content (AvgIpc) is 2.90. The SMILES string of the molecule is CC(=O)c1cc(N)ccc1OCC(=O)N1CCCC1. The van der Waals surface area contributed by atoms with E-state index in [2.05, 4.69) is 0 Å². The number of nitrogen functional groups attached to an aromatic ring is 1. The molecule has 1 aliphatic rings. The Kier molecular flexibility index (Phi) is 4.04. The number of benzene rings is 1. The molecule has 2 rings (SSSR count). The van der Waals surface area contributed by atoms with Crippen LogP contribution < -0.4 is 10.5 Å². The van der Waals surface area contributed by atoms with Gasteiger partial charge in [-0.3, -0.25) is 9.59 Å². The highest BCUT2D eigenvalue weighted by Crippen LogP contribution is 2.22. The molecule has 1 amide bonds. The van der Waals surface area contributed by atoms with Gasteiger partial charge in [0.15, 0.2) is 12.4 Å². The topological polar surface area (TPSA) is 72.6 Å². The van der Waals surface area contributed by atoms with Gasteiger partial charge in [-0.2, -0.15) is 0 Å². The van der Waals surface area contributed by atoms with Crippen molar-refractivity contribution in [3.8, 4) is 5.75 Å². The van der Waals surface area contributed by atoms with Gasteiger partial charge in [-0.25, -0.2) is 0 Å². The molecule has 1 fully saturated rings. The van der Waals surface area contributed by atoms with Crippen molar-refractivity contribution in [2.75, 3.05) is 25.4 Å². The van der Waals surface area contributed by atoms with E-state index in [9.17, 15) is 9.59 Å². The van der Waals surface area contributed by atoms with Crippen LogP contribution in [0.25, 0.3) is 0 Å². The third-order valence-corrected chi connectivity index (χ3v) is 3.19. The fourth-order valence-corrected chi connectivity index (χ4v) is 2.15. The number of nitrogens with zero attached hydrogens (tertiary/aromatic N) is 1. The maximum atomic E-state index is 11.9. The second kappa shape index (κ2) is 5.73. The number of likely N-dealkylation sites (tertiary alicyclic amines) is 1. The summed E-state index contributed by atoms with van der Waals surface area (Å²) in [7, 11) is 0. The number of hydrogen-bond donors (Lipinski definition) is 1. The average molecular weight is 262 g/mol. The summed E-state index contributed by atoms with van der Waals surface area (Å²) in [6, 6.07) is 4.85. The van der Waals surface area contributed by atoms with E-state index in [1.807, 2.05) is 0 Å². The van der Waals surface area contributed by atoms with Crippen LogP contribution in [-0.4, -0.2) is 36.3 Å². The molecule has 1 aromatic carbocycles. The number of nitrogens with two attached hydrogens (primary N) is 1. The molecule has 0 aromatic heterocycles. The van der Waals surface area contributed by atoms with Gasteiger partial charge in [-0.05, 0) is 38.0 Å². The molecule has 1 heterocycles. The fraction of sp³-hybridized carbons (Fsp3) is 0.429. The second-order valence-electron chi connectivity index (χ2n) is 4.69. The normalized spacial score (nSPS) is 14.5. The summed E-state index contributed by atoms with van der Waals surface area (Å²) in [5, 5.41) is 0. The van der Waals surface area contributed by atoms with Gasteiger partial charge in [0.25, 0.3) is 5.91 Å². The first-order valence-electron chi connectivity index (χ1n) is 6.39. The smallest absolute Gasteiger partial charge is 0.260 e. The summed E-state index contributed by atoms with van der Waals surface area (Å²) < 4.78 is 5.46. The van der Waals surface area contributed by atoms with Crippen molar-refractivity contribution in [3.05, 3.63) is 23.8 Å². The van der Waals surface area contributed by atoms with Crippen molar-refractivity contribution < 1.29 is 14.3 Å². The minimum absolute atomic E-state index is 0.0375. The van der Waals surface area contributed by atoms with Crippen LogP contribution in [0.4, 0.5) is 5.69 Å². The molecule has 0 saturated carbocycles. The van der Waals surface area contributed by atoms with Crippen molar-refractivity contribution in [2.24, 2.45) is 0 Å². The maximum Gasteiger partial charge on any atom is 0.260 e. The van der Waals surface area contributed by atoms with E-state index < -0.39 is 0 Å². The lowest BCUT2D eigenvalue weighted by Crippen LogP contribution is -2.32. The Bertz CT molecular complexity index is 493. The van der Waals surface area contributed by atoms with E-state index in [1.165, 1.54) is 6.92 Å². The summed E-state index contributed by atoms with van der Waals surface area (Å²) in [5.74, 6) is 0.244. The zero-order valence-electron chi connectivity index (χ0n) is 11.0. The quantitative estimate of drug-likeness (QED) is 0.659. The molecule has 19 heavy (non-hydrogen) atoms. The number of ketones is 1. The predicted molar refractivity (Wildman–Crippen MR) is 72.2 cm³/mol. The predicted octanol–water partition coefficient (Wildman–Crippen LogP) is 1.47. The van der Waals surface area contributed by atoms with Gasteiger partial charge in [-0.1, -0.05) is 0 Å². The molecule has 102 valence electrons. The van der Waals surface area contributed by atoms with Gasteiger partial charge in [-0.15, -0.1) is 0 Å². The van der Waals surface area contributed by atoms with Crippen molar-refractivity contribution in [2.45, 2.75) is 19.8 Å². The highest BCUT2D eigenvalue weighted by Gasteiger charge is 2.19. The van der Waals surface area contributed by atoms with Crippen LogP contribution >= 0.6 is 0 Å². The summed E-state index contributed by atoms with van der Waals surface area (Å²) in [5.41, 5.74) is 6.55. The van der Waals surface area contributed by atoms with Crippen LogP contribution in [-0.2, 0) is 4.79 Å². The lowest BCUT2D eigenvalue weighted by molar-refractivity contribution is -0.132. The van der Waals surface area contributed by atoms with Crippen LogP contribution in [0.5, 0.6) is 5.75 Å². The first-order chi connectivity index (χ1) is 9.08. The van der Waals surface area contributed by atoms with Gasteiger partial charge in [0.05, 0.1) is 5.56 Å². The number of carbonyl (C=O) groups is 2. The van der Waals surface area contributed by atoms with Gasteiger partial charge in [0.1, 0.15) is 5.75 Å². The molecule has 0 bridgehead atoms. The Labute approximate surface area is 112 Å². The Hall–Kier alpha value is -2.04. The number of amides is 1. The molecule has 0 radical (unpaired) electrons. The van der Waals surface area contributed by atoms with E-state index in [-0.39, 0.29) is 18.3 Å². The first-order valence-corrected chi connectivity index (χ1v) is 6.39. The monoisotopic (exact) mass is 262 g/mol. The first kappa shape index (κ1) is 13.4. The Balaban J connectivity index is 2.02. The molecule has 5 heteroatoms. The summed E-state index contributed by atoms with van der Waals surface area (Å²) in [6.45, 7) is 3.00. The molecular formula is C14H18N2O3. The van der Waals surface area contributed by atoms with Crippen molar-refractivity contribution >= 4 is 17.4 Å². The number of hydrogen-bond acceptors (Lipinski definition) is 4. The summed E-state index contributed by atoms with van der Waals surface area (Å²) in [6.07, 6.45) is 2.10. The minimum Gasteiger partial charge on any atom is -0.483 e. The molecule has 2 N–H and O–H groups in total. The van der Waals surface area contributed by atoms with E-state index in [0.717, 1.165) is 25.9 Å². The Morgan fingerprint density at radius 2 is 2.00 bits per heavy atom. The number of rotatable bonds is 4. The van der Waals surface area contributed by atoms with Crippen molar-refractivity contribution in [1.82, 2.24) is 4.90 Å². The van der Waals surface area contributed by atoms with Gasteiger partial charge in [0, 0.05) is 18.8 Å². The number of ether oxygens (including phenoxy) is 1. The molecule has 1 aliphatic heterocycles. The summed E-state index contributed by atoms with van der Waals surface area (Å²) in [4.78, 5) is 25.1. The van der Waals surface area contributed by atoms with Crippen LogP contribution in [0.2, 0.25) is 0 Å². The number of Topliss-reactive ketones (excluding diaryl/α,β-unsaturated/α-hetero) is 1. The molecule has 1 aromatic rings. The lowest BCUT2D eigenvalue weighted by atomic mass is 10.1. The van der Waals surface area contributed by atoms with Crippen LogP contribution in [0.15, 0.2) is 18.2 Å². The van der Waals surface area contributed by atoms with E-state index in [4.69, 9.17) is 10.5 Å². The molecule has 0 aliphatic carbocycles. The van der Waals surface area contributed by atoms with Crippen molar-refractivity contribution in [1.29, 1.82) is 0 Å². The zero-order valence-corrected chi connectivity index (χ0v) is 11.0. The van der Waals surface area contributed by atoms with Crippen LogP contribution in [0, 0.1) is 0 Å². The number of carbonyl (C=O) groups excluding carboxylic acids is 2. The van der Waals surface area contributed by atoms with Crippen LogP contribution in [0.3, 0.4) is 0 Å². The molecular weight excluding hydrogens is 244 g/mol. The summed E-state index contributed by atoms with van der Waals surface area (Å²) >= 11 is 0. The largest absolute Gasteiger partial charge is 0.483 e. The zero-order chi connectivity index (χ0) is 13.8. The Morgan fingerprint density at radius 1 is 1.32 bits per heavy atom. The van der Waals surface area contributed by atoms with Gasteiger partial charge < -0.3 is 15.4 Å². The minimum atomic E-state index is -0.129. The van der Waals surface area contributed by atoms with Crippen molar-refractivity contribution in [3.63, 3.8) is 0 Å². The lowest BCUT2D eigenvalue weighted by Gasteiger charge is -2.16. The third-order valence-electron chi connectivity index (χ3n) is 3.19. The number of anilines is 1. The molecule has 0 spiro atoms. The highest BCUT2D eigenvalue weighted by molar-refractivity contribution is 5.97.